The first-order valence-corrected chi connectivity index (χ1v) is 6.04. The number of alkyl halides is 1. The summed E-state index contributed by atoms with van der Waals surface area (Å²) in [6, 6.07) is 10.2. The first kappa shape index (κ1) is 10.7. The van der Waals surface area contributed by atoms with Crippen LogP contribution < -0.4 is 4.74 Å². The monoisotopic (exact) mass is 313 g/mol. The Morgan fingerprint density at radius 3 is 2.73 bits per heavy atom. The number of para-hydroxylation sites is 1. The third-order valence-electron chi connectivity index (χ3n) is 2.34. The zero-order valence-electron chi connectivity index (χ0n) is 8.70. The maximum absolute atomic E-state index is 5.30. The number of hydrogen-bond donors (Lipinski definition) is 0. The van der Waals surface area contributed by atoms with Gasteiger partial charge in [0.15, 0.2) is 0 Å². The van der Waals surface area contributed by atoms with Gasteiger partial charge in [0, 0.05) is 14.9 Å². The molecule has 0 N–H and O–H groups in total. The molecule has 2 rings (SSSR count). The highest BCUT2D eigenvalue weighted by atomic mass is 127. The second kappa shape index (κ2) is 4.35. The van der Waals surface area contributed by atoms with Crippen molar-refractivity contribution in [3.63, 3.8) is 0 Å². The van der Waals surface area contributed by atoms with Gasteiger partial charge in [-0.05, 0) is 19.1 Å². The Morgan fingerprint density at radius 1 is 1.33 bits per heavy atom. The number of benzene rings is 1. The lowest BCUT2D eigenvalue weighted by Gasteiger charge is -2.10. The standard InChI is InChI=1S/C12H12INO/c1-8(13)10-7-9-5-3-4-6-11(9)14-12(10)15-2/h3-8H,1-2H3. The van der Waals surface area contributed by atoms with Gasteiger partial charge in [-0.3, -0.25) is 0 Å². The van der Waals surface area contributed by atoms with Gasteiger partial charge in [0.1, 0.15) is 0 Å². The molecule has 0 bridgehead atoms. The highest BCUT2D eigenvalue weighted by Crippen LogP contribution is 2.32. The number of ether oxygens (including phenoxy) is 1. The van der Waals surface area contributed by atoms with Crippen LogP contribution >= 0.6 is 22.6 Å². The van der Waals surface area contributed by atoms with Crippen molar-refractivity contribution in [3.05, 3.63) is 35.9 Å². The zero-order chi connectivity index (χ0) is 10.8. The normalized spacial score (nSPS) is 12.7. The molecule has 15 heavy (non-hydrogen) atoms. The summed E-state index contributed by atoms with van der Waals surface area (Å²) < 4.78 is 5.70. The smallest absolute Gasteiger partial charge is 0.217 e. The largest absolute Gasteiger partial charge is 0.481 e. The summed E-state index contributed by atoms with van der Waals surface area (Å²) in [5.41, 5.74) is 2.13. The van der Waals surface area contributed by atoms with Crippen LogP contribution in [0.15, 0.2) is 30.3 Å². The van der Waals surface area contributed by atoms with Crippen LogP contribution in [0.1, 0.15) is 16.4 Å². The molecule has 0 aliphatic rings. The molecule has 1 aromatic carbocycles. The van der Waals surface area contributed by atoms with Crippen LogP contribution in [-0.2, 0) is 0 Å². The number of nitrogens with zero attached hydrogens (tertiary/aromatic N) is 1. The van der Waals surface area contributed by atoms with E-state index in [4.69, 9.17) is 4.74 Å². The van der Waals surface area contributed by atoms with Gasteiger partial charge in [-0.25, -0.2) is 4.98 Å². The van der Waals surface area contributed by atoms with Crippen LogP contribution in [0.3, 0.4) is 0 Å². The van der Waals surface area contributed by atoms with Crippen molar-refractivity contribution in [1.82, 2.24) is 4.98 Å². The van der Waals surface area contributed by atoms with E-state index >= 15 is 0 Å². The van der Waals surface area contributed by atoms with Crippen LogP contribution in [0.5, 0.6) is 5.88 Å². The molecule has 3 heteroatoms. The van der Waals surface area contributed by atoms with E-state index in [9.17, 15) is 0 Å². The average molecular weight is 313 g/mol. The molecule has 0 saturated carbocycles. The Labute approximate surface area is 103 Å². The number of halogens is 1. The summed E-state index contributed by atoms with van der Waals surface area (Å²) >= 11 is 2.37. The zero-order valence-corrected chi connectivity index (χ0v) is 10.9. The fourth-order valence-corrected chi connectivity index (χ4v) is 2.01. The van der Waals surface area contributed by atoms with Gasteiger partial charge in [0.25, 0.3) is 0 Å². The molecule has 0 fully saturated rings. The number of rotatable bonds is 2. The highest BCUT2D eigenvalue weighted by molar-refractivity contribution is 14.1. The van der Waals surface area contributed by atoms with Crippen molar-refractivity contribution in [1.29, 1.82) is 0 Å². The third-order valence-corrected chi connectivity index (χ3v) is 3.01. The Balaban J connectivity index is 2.69. The van der Waals surface area contributed by atoms with Gasteiger partial charge in [-0.2, -0.15) is 0 Å². The number of aromatic nitrogens is 1. The van der Waals surface area contributed by atoms with Crippen molar-refractivity contribution < 1.29 is 4.74 Å². The van der Waals surface area contributed by atoms with Crippen molar-refractivity contribution in [2.45, 2.75) is 10.8 Å². The summed E-state index contributed by atoms with van der Waals surface area (Å²) in [5.74, 6) is 0.732. The Bertz CT molecular complexity index is 482. The van der Waals surface area contributed by atoms with E-state index in [0.717, 1.165) is 22.3 Å². The summed E-state index contributed by atoms with van der Waals surface area (Å²) in [6.07, 6.45) is 0. The minimum absolute atomic E-state index is 0.398. The Morgan fingerprint density at radius 2 is 2.07 bits per heavy atom. The molecule has 0 aliphatic heterocycles. The molecule has 1 aromatic heterocycles. The molecular formula is C12H12INO. The topological polar surface area (TPSA) is 22.1 Å². The first-order valence-electron chi connectivity index (χ1n) is 4.80. The average Bonchev–Trinajstić information content (AvgIpc) is 2.27. The molecule has 2 aromatic rings. The predicted molar refractivity (Wildman–Crippen MR) is 70.7 cm³/mol. The molecule has 0 aliphatic carbocycles. The van der Waals surface area contributed by atoms with Gasteiger partial charge < -0.3 is 4.74 Å². The van der Waals surface area contributed by atoms with Crippen LogP contribution in [0.4, 0.5) is 0 Å². The summed E-state index contributed by atoms with van der Waals surface area (Å²) in [7, 11) is 1.67. The minimum atomic E-state index is 0.398. The number of fused-ring (bicyclic) bond motifs is 1. The molecule has 1 unspecified atom stereocenters. The van der Waals surface area contributed by atoms with Gasteiger partial charge in [-0.15, -0.1) is 0 Å². The van der Waals surface area contributed by atoms with Crippen molar-refractivity contribution in [2.75, 3.05) is 7.11 Å². The summed E-state index contributed by atoms with van der Waals surface area (Å²) in [4.78, 5) is 4.49. The molecule has 0 amide bonds. The molecule has 0 radical (unpaired) electrons. The summed E-state index contributed by atoms with van der Waals surface area (Å²) in [6.45, 7) is 2.13. The maximum atomic E-state index is 5.30. The van der Waals surface area contributed by atoms with E-state index < -0.39 is 0 Å². The van der Waals surface area contributed by atoms with E-state index in [-0.39, 0.29) is 0 Å². The SMILES string of the molecule is COc1nc2ccccc2cc1C(C)I. The lowest BCUT2D eigenvalue weighted by molar-refractivity contribution is 0.395. The molecule has 2 nitrogen and oxygen atoms in total. The van der Waals surface area contributed by atoms with Gasteiger partial charge in [0.2, 0.25) is 5.88 Å². The van der Waals surface area contributed by atoms with E-state index in [1.807, 2.05) is 18.2 Å². The van der Waals surface area contributed by atoms with Crippen LogP contribution in [-0.4, -0.2) is 12.1 Å². The quantitative estimate of drug-likeness (QED) is 0.622. The lowest BCUT2D eigenvalue weighted by atomic mass is 10.1. The molecule has 78 valence electrons. The predicted octanol–water partition coefficient (Wildman–Crippen LogP) is 3.74. The van der Waals surface area contributed by atoms with Crippen LogP contribution in [0.2, 0.25) is 0 Å². The second-order valence-corrected chi connectivity index (χ2v) is 5.26. The maximum Gasteiger partial charge on any atom is 0.217 e. The van der Waals surface area contributed by atoms with Gasteiger partial charge >= 0.3 is 0 Å². The fraction of sp³-hybridized carbons (Fsp3) is 0.250. The van der Waals surface area contributed by atoms with E-state index in [1.165, 1.54) is 0 Å². The van der Waals surface area contributed by atoms with E-state index in [0.29, 0.717) is 3.92 Å². The third kappa shape index (κ3) is 2.07. The number of hydrogen-bond acceptors (Lipinski definition) is 2. The molecule has 1 heterocycles. The second-order valence-electron chi connectivity index (χ2n) is 3.40. The highest BCUT2D eigenvalue weighted by Gasteiger charge is 2.11. The van der Waals surface area contributed by atoms with Crippen molar-refractivity contribution >= 4 is 33.5 Å². The molecular weight excluding hydrogens is 301 g/mol. The lowest BCUT2D eigenvalue weighted by Crippen LogP contribution is -1.96. The fourth-order valence-electron chi connectivity index (χ4n) is 1.56. The number of methoxy groups -OCH3 is 1. The van der Waals surface area contributed by atoms with Crippen LogP contribution in [0, 0.1) is 0 Å². The van der Waals surface area contributed by atoms with Gasteiger partial charge in [0.05, 0.1) is 12.6 Å². The molecule has 0 spiro atoms. The Kier molecular flexibility index (Phi) is 3.09. The van der Waals surface area contributed by atoms with Crippen molar-refractivity contribution in [3.8, 4) is 5.88 Å². The Hall–Kier alpha value is -0.840. The minimum Gasteiger partial charge on any atom is -0.481 e. The number of pyridine rings is 1. The van der Waals surface area contributed by atoms with Crippen LogP contribution in [0.25, 0.3) is 10.9 Å². The molecule has 1 atom stereocenters. The first-order chi connectivity index (χ1) is 7.22. The van der Waals surface area contributed by atoms with Gasteiger partial charge in [-0.1, -0.05) is 40.8 Å². The van der Waals surface area contributed by atoms with E-state index in [1.54, 1.807) is 7.11 Å². The molecule has 0 saturated heterocycles. The summed E-state index contributed by atoms with van der Waals surface area (Å²) in [5, 5.41) is 1.16. The van der Waals surface area contributed by atoms with Crippen molar-refractivity contribution in [2.24, 2.45) is 0 Å². The van der Waals surface area contributed by atoms with E-state index in [2.05, 4.69) is 46.6 Å².